The molecule has 3 rings (SSSR count). The van der Waals surface area contributed by atoms with Gasteiger partial charge in [-0.1, -0.05) is 30.3 Å². The molecule has 2 heterocycles. The number of rotatable bonds is 4. The van der Waals surface area contributed by atoms with Crippen molar-refractivity contribution in [3.05, 3.63) is 35.9 Å². The smallest absolute Gasteiger partial charge is 0.240 e. The van der Waals surface area contributed by atoms with E-state index in [-0.39, 0.29) is 36.8 Å². The largest absolute Gasteiger partial charge is 0.331 e. The van der Waals surface area contributed by atoms with E-state index < -0.39 is 0 Å². The van der Waals surface area contributed by atoms with E-state index in [1.807, 2.05) is 22.7 Å². The maximum absolute atomic E-state index is 12.3. The fourth-order valence-corrected chi connectivity index (χ4v) is 3.70. The summed E-state index contributed by atoms with van der Waals surface area (Å²) in [6, 6.07) is 10.8. The minimum Gasteiger partial charge on any atom is -0.331 e. The number of benzene rings is 1. The zero-order valence-electron chi connectivity index (χ0n) is 12.4. The van der Waals surface area contributed by atoms with Crippen LogP contribution >= 0.6 is 36.6 Å². The van der Waals surface area contributed by atoms with Crippen molar-refractivity contribution in [1.29, 1.82) is 0 Å². The van der Waals surface area contributed by atoms with Crippen molar-refractivity contribution in [1.82, 2.24) is 15.5 Å². The van der Waals surface area contributed by atoms with Crippen molar-refractivity contribution in [2.24, 2.45) is 0 Å². The predicted molar refractivity (Wildman–Crippen MR) is 97.0 cm³/mol. The number of nitrogens with zero attached hydrogens (tertiary/aromatic N) is 1. The van der Waals surface area contributed by atoms with E-state index in [1.165, 1.54) is 5.56 Å². The van der Waals surface area contributed by atoms with Crippen molar-refractivity contribution >= 4 is 42.5 Å². The molecular formula is C15H23Cl2N3OS. The van der Waals surface area contributed by atoms with Gasteiger partial charge in [0.05, 0.1) is 11.9 Å². The number of carbonyl (C=O) groups excluding carboxylic acids is 1. The van der Waals surface area contributed by atoms with Gasteiger partial charge in [0.2, 0.25) is 5.91 Å². The van der Waals surface area contributed by atoms with Gasteiger partial charge in [0, 0.05) is 31.4 Å². The molecule has 2 aliphatic rings. The summed E-state index contributed by atoms with van der Waals surface area (Å²) in [5.41, 5.74) is 1.29. The van der Waals surface area contributed by atoms with Gasteiger partial charge >= 0.3 is 0 Å². The SMILES string of the molecule is Cl.Cl.O=C([C@@H]1C[C@H](NCc2ccccc2)CN1)N1CCSC1. The molecule has 124 valence electrons. The van der Waals surface area contributed by atoms with E-state index in [9.17, 15) is 4.79 Å². The van der Waals surface area contributed by atoms with E-state index in [1.54, 1.807) is 0 Å². The fraction of sp³-hybridized carbons (Fsp3) is 0.533. The van der Waals surface area contributed by atoms with Gasteiger partial charge in [0.25, 0.3) is 0 Å². The normalized spacial score (nSPS) is 23.7. The molecule has 0 unspecified atom stereocenters. The van der Waals surface area contributed by atoms with Crippen LogP contribution in [0.4, 0.5) is 0 Å². The highest BCUT2D eigenvalue weighted by atomic mass is 35.5. The highest BCUT2D eigenvalue weighted by Gasteiger charge is 2.32. The highest BCUT2D eigenvalue weighted by molar-refractivity contribution is 7.99. The van der Waals surface area contributed by atoms with Crippen LogP contribution in [0.2, 0.25) is 0 Å². The molecule has 0 bridgehead atoms. The first-order chi connectivity index (χ1) is 9.83. The molecule has 1 aromatic carbocycles. The number of hydrogen-bond donors (Lipinski definition) is 2. The maximum atomic E-state index is 12.3. The Kier molecular flexibility index (Phi) is 8.57. The molecule has 7 heteroatoms. The molecule has 2 N–H and O–H groups in total. The third-order valence-corrected chi connectivity index (χ3v) is 4.90. The number of nitrogens with one attached hydrogen (secondary N) is 2. The van der Waals surface area contributed by atoms with Gasteiger partial charge in [-0.25, -0.2) is 0 Å². The van der Waals surface area contributed by atoms with Crippen LogP contribution in [0.25, 0.3) is 0 Å². The Hall–Kier alpha value is -0.460. The highest BCUT2D eigenvalue weighted by Crippen LogP contribution is 2.17. The van der Waals surface area contributed by atoms with Crippen molar-refractivity contribution in [3.63, 3.8) is 0 Å². The van der Waals surface area contributed by atoms with Gasteiger partial charge in [0.15, 0.2) is 0 Å². The quantitative estimate of drug-likeness (QED) is 0.857. The molecule has 0 aliphatic carbocycles. The first-order valence-corrected chi connectivity index (χ1v) is 8.35. The summed E-state index contributed by atoms with van der Waals surface area (Å²) in [5, 5.41) is 6.89. The summed E-state index contributed by atoms with van der Waals surface area (Å²) in [6.07, 6.45) is 0.896. The summed E-state index contributed by atoms with van der Waals surface area (Å²) in [6.45, 7) is 2.65. The van der Waals surface area contributed by atoms with Crippen LogP contribution in [0.15, 0.2) is 30.3 Å². The van der Waals surface area contributed by atoms with Gasteiger partial charge in [-0.05, 0) is 12.0 Å². The number of thioether (sulfide) groups is 1. The van der Waals surface area contributed by atoms with E-state index in [2.05, 4.69) is 34.9 Å². The van der Waals surface area contributed by atoms with Crippen LogP contribution in [0.5, 0.6) is 0 Å². The lowest BCUT2D eigenvalue weighted by molar-refractivity contribution is -0.131. The Labute approximate surface area is 148 Å². The minimum absolute atomic E-state index is 0. The fourth-order valence-electron chi connectivity index (χ4n) is 2.75. The molecule has 0 aromatic heterocycles. The van der Waals surface area contributed by atoms with Crippen LogP contribution in [0.1, 0.15) is 12.0 Å². The standard InChI is InChI=1S/C15H21N3OS.2ClH/c19-15(18-6-7-20-11-18)14-8-13(10-17-14)16-9-12-4-2-1-3-5-12;;/h1-5,13-14,16-17H,6-11H2;2*1H/t13-,14-;;/m0../s1. The second-order valence-electron chi connectivity index (χ2n) is 5.40. The first-order valence-electron chi connectivity index (χ1n) is 7.20. The number of hydrogen-bond acceptors (Lipinski definition) is 4. The van der Waals surface area contributed by atoms with Crippen LogP contribution in [0, 0.1) is 0 Å². The molecule has 0 saturated carbocycles. The molecule has 1 amide bonds. The van der Waals surface area contributed by atoms with Crippen molar-refractivity contribution < 1.29 is 4.79 Å². The first kappa shape index (κ1) is 19.6. The van der Waals surface area contributed by atoms with Gasteiger partial charge in [-0.15, -0.1) is 36.6 Å². The molecule has 0 radical (unpaired) electrons. The lowest BCUT2D eigenvalue weighted by Gasteiger charge is -2.19. The summed E-state index contributed by atoms with van der Waals surface area (Å²) >= 11 is 1.84. The molecule has 1 aromatic rings. The Bertz CT molecular complexity index is 457. The average molecular weight is 364 g/mol. The molecule has 2 atom stereocenters. The van der Waals surface area contributed by atoms with Crippen molar-refractivity contribution in [3.8, 4) is 0 Å². The van der Waals surface area contributed by atoms with E-state index in [0.717, 1.165) is 37.7 Å². The van der Waals surface area contributed by atoms with Crippen LogP contribution in [-0.2, 0) is 11.3 Å². The Morgan fingerprint density at radius 3 is 2.77 bits per heavy atom. The molecule has 0 spiro atoms. The van der Waals surface area contributed by atoms with Crippen molar-refractivity contribution in [2.45, 2.75) is 25.0 Å². The lowest BCUT2D eigenvalue weighted by atomic mass is 10.1. The van der Waals surface area contributed by atoms with Gasteiger partial charge < -0.3 is 15.5 Å². The molecule has 2 saturated heterocycles. The van der Waals surface area contributed by atoms with Gasteiger partial charge in [-0.3, -0.25) is 4.79 Å². The zero-order valence-corrected chi connectivity index (χ0v) is 14.8. The molecule has 2 aliphatic heterocycles. The third kappa shape index (κ3) is 5.03. The lowest BCUT2D eigenvalue weighted by Crippen LogP contribution is -2.42. The molecular weight excluding hydrogens is 341 g/mol. The molecule has 4 nitrogen and oxygen atoms in total. The Morgan fingerprint density at radius 1 is 1.32 bits per heavy atom. The minimum atomic E-state index is 0. The number of carbonyl (C=O) groups is 1. The number of halogens is 2. The topological polar surface area (TPSA) is 44.4 Å². The van der Waals surface area contributed by atoms with Crippen molar-refractivity contribution in [2.75, 3.05) is 24.7 Å². The summed E-state index contributed by atoms with van der Waals surface area (Å²) < 4.78 is 0. The van der Waals surface area contributed by atoms with Crippen LogP contribution in [-0.4, -0.2) is 47.6 Å². The monoisotopic (exact) mass is 363 g/mol. The Balaban J connectivity index is 0.00000121. The second-order valence-corrected chi connectivity index (χ2v) is 6.47. The van der Waals surface area contributed by atoms with Gasteiger partial charge in [-0.2, -0.15) is 0 Å². The summed E-state index contributed by atoms with van der Waals surface area (Å²) in [4.78, 5) is 14.3. The van der Waals surface area contributed by atoms with E-state index in [0.29, 0.717) is 6.04 Å². The maximum Gasteiger partial charge on any atom is 0.240 e. The Morgan fingerprint density at radius 2 is 2.09 bits per heavy atom. The molecule has 22 heavy (non-hydrogen) atoms. The second kappa shape index (κ2) is 9.63. The van der Waals surface area contributed by atoms with Crippen LogP contribution < -0.4 is 10.6 Å². The third-order valence-electron chi connectivity index (χ3n) is 3.93. The van der Waals surface area contributed by atoms with Crippen LogP contribution in [0.3, 0.4) is 0 Å². The zero-order chi connectivity index (χ0) is 13.8. The van der Waals surface area contributed by atoms with E-state index in [4.69, 9.17) is 0 Å². The van der Waals surface area contributed by atoms with E-state index >= 15 is 0 Å². The number of amides is 1. The predicted octanol–water partition coefficient (Wildman–Crippen LogP) is 1.88. The average Bonchev–Trinajstić information content (AvgIpc) is 3.17. The van der Waals surface area contributed by atoms with Gasteiger partial charge in [0.1, 0.15) is 0 Å². The molecule has 2 fully saturated rings. The summed E-state index contributed by atoms with van der Waals surface area (Å²) in [5.74, 6) is 2.21. The summed E-state index contributed by atoms with van der Waals surface area (Å²) in [7, 11) is 0.